The predicted molar refractivity (Wildman–Crippen MR) is 106 cm³/mol. The minimum Gasteiger partial charge on any atom is -0.497 e. The molecule has 0 radical (unpaired) electrons. The maximum atomic E-state index is 6.45. The highest BCUT2D eigenvalue weighted by Gasteiger charge is 2.16. The van der Waals surface area contributed by atoms with E-state index in [2.05, 4.69) is 9.97 Å². The van der Waals surface area contributed by atoms with Crippen LogP contribution in [0, 0.1) is 6.92 Å². The first-order chi connectivity index (χ1) is 12.6. The zero-order chi connectivity index (χ0) is 18.5. The van der Waals surface area contributed by atoms with Crippen molar-refractivity contribution < 1.29 is 9.47 Å². The van der Waals surface area contributed by atoms with E-state index in [0.29, 0.717) is 22.6 Å². The lowest BCUT2D eigenvalue weighted by atomic mass is 10.1. The van der Waals surface area contributed by atoms with Crippen molar-refractivity contribution >= 4 is 23.4 Å². The number of rotatable bonds is 6. The van der Waals surface area contributed by atoms with Crippen molar-refractivity contribution in [1.29, 1.82) is 0 Å². The van der Waals surface area contributed by atoms with Crippen molar-refractivity contribution in [2.75, 3.05) is 13.4 Å². The van der Waals surface area contributed by atoms with Crippen LogP contribution in [0.1, 0.15) is 16.7 Å². The fraction of sp³-hybridized carbons (Fsp3) is 0.200. The van der Waals surface area contributed by atoms with Gasteiger partial charge >= 0.3 is 0 Å². The number of hydrogen-bond acceptors (Lipinski definition) is 5. The third-order valence-electron chi connectivity index (χ3n) is 3.82. The second-order valence-electron chi connectivity index (χ2n) is 5.73. The lowest BCUT2D eigenvalue weighted by Crippen LogP contribution is -2.01. The van der Waals surface area contributed by atoms with E-state index in [1.165, 1.54) is 11.8 Å². The second-order valence-corrected chi connectivity index (χ2v) is 6.86. The van der Waals surface area contributed by atoms with Crippen LogP contribution in [0.15, 0.2) is 53.7 Å². The van der Waals surface area contributed by atoms with Gasteiger partial charge in [0.15, 0.2) is 5.16 Å². The molecule has 0 aliphatic carbocycles. The van der Waals surface area contributed by atoms with Gasteiger partial charge in [0.1, 0.15) is 16.7 Å². The summed E-state index contributed by atoms with van der Waals surface area (Å²) in [4.78, 5) is 8.88. The summed E-state index contributed by atoms with van der Waals surface area (Å²) in [5, 5.41) is 0.985. The van der Waals surface area contributed by atoms with Crippen LogP contribution < -0.4 is 9.47 Å². The van der Waals surface area contributed by atoms with E-state index in [9.17, 15) is 0 Å². The van der Waals surface area contributed by atoms with Crippen LogP contribution in [0.3, 0.4) is 0 Å². The van der Waals surface area contributed by atoms with Crippen LogP contribution in [0.2, 0.25) is 5.15 Å². The van der Waals surface area contributed by atoms with Gasteiger partial charge in [-0.15, -0.1) is 0 Å². The van der Waals surface area contributed by atoms with Crippen LogP contribution in [-0.2, 0) is 6.42 Å². The molecule has 0 spiro atoms. The van der Waals surface area contributed by atoms with E-state index < -0.39 is 0 Å². The molecule has 0 N–H and O–H groups in total. The number of hydrogen-bond donors (Lipinski definition) is 0. The van der Waals surface area contributed by atoms with Gasteiger partial charge in [-0.1, -0.05) is 47.6 Å². The third-order valence-corrected chi connectivity index (χ3v) is 4.69. The average Bonchev–Trinajstić information content (AvgIpc) is 2.65. The molecule has 2 aromatic carbocycles. The van der Waals surface area contributed by atoms with Crippen molar-refractivity contribution in [2.24, 2.45) is 0 Å². The first kappa shape index (κ1) is 18.5. The number of benzene rings is 2. The highest BCUT2D eigenvalue weighted by atomic mass is 35.5. The van der Waals surface area contributed by atoms with E-state index in [-0.39, 0.29) is 0 Å². The Morgan fingerprint density at radius 3 is 2.46 bits per heavy atom. The molecule has 6 heteroatoms. The number of aryl methyl sites for hydroxylation is 1. The molecule has 0 atom stereocenters. The molecule has 0 saturated carbocycles. The van der Waals surface area contributed by atoms with Crippen LogP contribution >= 0.6 is 23.4 Å². The fourth-order valence-electron chi connectivity index (χ4n) is 2.48. The zero-order valence-electron chi connectivity index (χ0n) is 14.8. The lowest BCUT2D eigenvalue weighted by molar-refractivity contribution is 0.414. The monoisotopic (exact) mass is 386 g/mol. The van der Waals surface area contributed by atoms with Crippen molar-refractivity contribution in [3.05, 3.63) is 70.4 Å². The number of ether oxygens (including phenoxy) is 2. The van der Waals surface area contributed by atoms with Gasteiger partial charge < -0.3 is 9.47 Å². The minimum atomic E-state index is 0.405. The molecular formula is C20H19ClN2O2S. The summed E-state index contributed by atoms with van der Waals surface area (Å²) >= 11 is 7.88. The molecule has 3 aromatic rings. The Kier molecular flexibility index (Phi) is 6.01. The van der Waals surface area contributed by atoms with Gasteiger partial charge in [-0.3, -0.25) is 0 Å². The third kappa shape index (κ3) is 4.48. The molecule has 0 aliphatic rings. The SMILES string of the molecule is COc1ccc(Cc2c(Cl)nc(SC)nc2Oc2cccc(C)c2)cc1. The summed E-state index contributed by atoms with van der Waals surface area (Å²) < 4.78 is 11.3. The molecular weight excluding hydrogens is 368 g/mol. The van der Waals surface area contributed by atoms with Gasteiger partial charge in [-0.05, 0) is 48.6 Å². The summed E-state index contributed by atoms with van der Waals surface area (Å²) in [7, 11) is 1.65. The topological polar surface area (TPSA) is 44.2 Å². The van der Waals surface area contributed by atoms with E-state index >= 15 is 0 Å². The Hall–Kier alpha value is -2.24. The van der Waals surface area contributed by atoms with Crippen LogP contribution in [0.25, 0.3) is 0 Å². The Balaban J connectivity index is 1.96. The van der Waals surface area contributed by atoms with Gasteiger partial charge in [-0.25, -0.2) is 4.98 Å². The average molecular weight is 387 g/mol. The zero-order valence-corrected chi connectivity index (χ0v) is 16.4. The molecule has 0 saturated heterocycles. The number of halogens is 1. The molecule has 0 fully saturated rings. The van der Waals surface area contributed by atoms with E-state index in [4.69, 9.17) is 21.1 Å². The van der Waals surface area contributed by atoms with Crippen molar-refractivity contribution in [3.63, 3.8) is 0 Å². The summed E-state index contributed by atoms with van der Waals surface area (Å²) in [5.74, 6) is 2.02. The van der Waals surface area contributed by atoms with Crippen LogP contribution in [0.4, 0.5) is 0 Å². The number of aromatic nitrogens is 2. The van der Waals surface area contributed by atoms with E-state index in [1.54, 1.807) is 7.11 Å². The molecule has 0 bridgehead atoms. The Bertz CT molecular complexity index is 901. The van der Waals surface area contributed by atoms with Crippen LogP contribution in [0.5, 0.6) is 17.4 Å². The van der Waals surface area contributed by atoms with Gasteiger partial charge in [0.25, 0.3) is 0 Å². The Morgan fingerprint density at radius 2 is 1.81 bits per heavy atom. The van der Waals surface area contributed by atoms with Gasteiger partial charge in [0, 0.05) is 6.42 Å². The molecule has 0 unspecified atom stereocenters. The largest absolute Gasteiger partial charge is 0.497 e. The summed E-state index contributed by atoms with van der Waals surface area (Å²) in [6, 6.07) is 15.7. The Labute approximate surface area is 162 Å². The minimum absolute atomic E-state index is 0.405. The van der Waals surface area contributed by atoms with E-state index in [0.717, 1.165) is 28.2 Å². The van der Waals surface area contributed by atoms with Crippen molar-refractivity contribution in [3.8, 4) is 17.4 Å². The summed E-state index contributed by atoms with van der Waals surface area (Å²) in [5.41, 5.74) is 2.95. The van der Waals surface area contributed by atoms with Crippen molar-refractivity contribution in [2.45, 2.75) is 18.5 Å². The molecule has 1 aromatic heterocycles. The second kappa shape index (κ2) is 8.43. The molecule has 1 heterocycles. The normalized spacial score (nSPS) is 10.6. The van der Waals surface area contributed by atoms with Gasteiger partial charge in [0.05, 0.1) is 12.7 Å². The summed E-state index contributed by atoms with van der Waals surface area (Å²) in [6.07, 6.45) is 2.48. The van der Waals surface area contributed by atoms with Crippen LogP contribution in [-0.4, -0.2) is 23.3 Å². The Morgan fingerprint density at radius 1 is 1.04 bits per heavy atom. The first-order valence-corrected chi connectivity index (χ1v) is 9.67. The van der Waals surface area contributed by atoms with Gasteiger partial charge in [0.2, 0.25) is 5.88 Å². The quantitative estimate of drug-likeness (QED) is 0.315. The first-order valence-electron chi connectivity index (χ1n) is 8.07. The standard InChI is InChI=1S/C20H19ClN2O2S/c1-13-5-4-6-16(11-13)25-19-17(18(21)22-20(23-19)26-3)12-14-7-9-15(24-2)10-8-14/h4-11H,12H2,1-3H3. The highest BCUT2D eigenvalue weighted by Crippen LogP contribution is 2.32. The number of nitrogens with zero attached hydrogens (tertiary/aromatic N) is 2. The number of methoxy groups -OCH3 is 1. The molecule has 3 rings (SSSR count). The fourth-order valence-corrected chi connectivity index (χ4v) is 3.12. The molecule has 26 heavy (non-hydrogen) atoms. The lowest BCUT2D eigenvalue weighted by Gasteiger charge is -2.13. The molecule has 0 amide bonds. The maximum absolute atomic E-state index is 6.45. The predicted octanol–water partition coefficient (Wildman–Crippen LogP) is 5.55. The van der Waals surface area contributed by atoms with Gasteiger partial charge in [-0.2, -0.15) is 4.98 Å². The highest BCUT2D eigenvalue weighted by molar-refractivity contribution is 7.98. The maximum Gasteiger partial charge on any atom is 0.228 e. The van der Waals surface area contributed by atoms with Crippen molar-refractivity contribution in [1.82, 2.24) is 9.97 Å². The molecule has 4 nitrogen and oxygen atoms in total. The smallest absolute Gasteiger partial charge is 0.228 e. The molecule has 0 aliphatic heterocycles. The molecule has 134 valence electrons. The van der Waals surface area contributed by atoms with E-state index in [1.807, 2.05) is 61.7 Å². The summed E-state index contributed by atoms with van der Waals surface area (Å²) in [6.45, 7) is 2.02. The number of thioether (sulfide) groups is 1.